The molecule has 0 bridgehead atoms. The number of benzene rings is 3. The van der Waals surface area contributed by atoms with Crippen molar-refractivity contribution in [1.82, 2.24) is 20.0 Å². The number of nitrogens with one attached hydrogen (secondary N) is 1. The van der Waals surface area contributed by atoms with Crippen molar-refractivity contribution in [2.24, 2.45) is 0 Å². The number of rotatable bonds is 8. The Morgan fingerprint density at radius 2 is 1.81 bits per heavy atom. The molecule has 0 saturated carbocycles. The van der Waals surface area contributed by atoms with Crippen molar-refractivity contribution in [2.45, 2.75) is 12.2 Å². The summed E-state index contributed by atoms with van der Waals surface area (Å²) in [6.07, 6.45) is 0. The van der Waals surface area contributed by atoms with E-state index in [-0.39, 0.29) is 36.2 Å². The van der Waals surface area contributed by atoms with Crippen LogP contribution in [-0.4, -0.2) is 72.8 Å². The van der Waals surface area contributed by atoms with Crippen LogP contribution in [0.3, 0.4) is 0 Å². The predicted octanol–water partition coefficient (Wildman–Crippen LogP) is 4.42. The minimum atomic E-state index is -0.256. The molecule has 3 aromatic carbocycles. The van der Waals surface area contributed by atoms with Gasteiger partial charge in [0.05, 0.1) is 22.4 Å². The molecule has 9 nitrogen and oxygen atoms in total. The van der Waals surface area contributed by atoms with E-state index in [0.29, 0.717) is 30.4 Å². The maximum atomic E-state index is 13.9. The zero-order valence-electron chi connectivity index (χ0n) is 23.9. The number of nitrogens with zero attached hydrogens (tertiary/aromatic N) is 4. The second-order valence-corrected chi connectivity index (χ2v) is 11.7. The molecule has 1 atom stereocenters. The van der Waals surface area contributed by atoms with Crippen LogP contribution < -0.4 is 19.7 Å². The van der Waals surface area contributed by atoms with Crippen molar-refractivity contribution in [3.05, 3.63) is 89.5 Å². The Hall–Kier alpha value is -4.28. The number of amides is 2. The van der Waals surface area contributed by atoms with Crippen molar-refractivity contribution < 1.29 is 19.1 Å². The summed E-state index contributed by atoms with van der Waals surface area (Å²) in [5.41, 5.74) is 5.38. The van der Waals surface area contributed by atoms with Gasteiger partial charge in [-0.25, -0.2) is 4.68 Å². The number of ether oxygens (including phenoxy) is 2. The van der Waals surface area contributed by atoms with Crippen LogP contribution in [-0.2, 0) is 9.59 Å². The van der Waals surface area contributed by atoms with E-state index in [2.05, 4.69) is 5.32 Å². The highest BCUT2D eigenvalue weighted by molar-refractivity contribution is 8.00. The summed E-state index contributed by atoms with van der Waals surface area (Å²) >= 11 is 1.53. The molecule has 3 heterocycles. The molecule has 10 heteroatoms. The number of hydrogen-bond acceptors (Lipinski definition) is 7. The molecule has 216 valence electrons. The van der Waals surface area contributed by atoms with Gasteiger partial charge in [-0.05, 0) is 50.3 Å². The molecule has 1 N–H and O–H groups in total. The molecule has 0 radical (unpaired) electrons. The van der Waals surface area contributed by atoms with E-state index in [1.165, 1.54) is 11.8 Å². The fraction of sp³-hybridized carbons (Fsp3) is 0.281. The summed E-state index contributed by atoms with van der Waals surface area (Å²) in [7, 11) is 3.91. The number of aromatic nitrogens is 2. The molecule has 0 fully saturated rings. The number of carbonyl (C=O) groups excluding carboxylic acids is 2. The van der Waals surface area contributed by atoms with E-state index in [1.54, 1.807) is 4.90 Å². The molecule has 6 rings (SSSR count). The number of thioether (sulfide) groups is 1. The van der Waals surface area contributed by atoms with Crippen molar-refractivity contribution in [3.8, 4) is 28.4 Å². The summed E-state index contributed by atoms with van der Waals surface area (Å²) in [4.78, 5) is 30.7. The molecule has 2 amide bonds. The predicted molar refractivity (Wildman–Crippen MR) is 165 cm³/mol. The SMILES string of the molecule is Cc1ccccc1-n1nc(-c2ccccc2)c2c1N(CC(=O)NCCN(C)C)C(=O)CSC2c1ccc2c(c1)OCO2. The first-order chi connectivity index (χ1) is 20.4. The lowest BCUT2D eigenvalue weighted by atomic mass is 9.99. The van der Waals surface area contributed by atoms with Gasteiger partial charge in [-0.1, -0.05) is 54.6 Å². The Bertz CT molecular complexity index is 1620. The molecule has 0 saturated heterocycles. The van der Waals surface area contributed by atoms with Gasteiger partial charge in [0.15, 0.2) is 11.5 Å². The Labute approximate surface area is 249 Å². The second kappa shape index (κ2) is 11.9. The number of hydrogen-bond donors (Lipinski definition) is 1. The van der Waals surface area contributed by atoms with Crippen LogP contribution in [0, 0.1) is 6.92 Å². The van der Waals surface area contributed by atoms with Crippen LogP contribution in [0.4, 0.5) is 5.82 Å². The Morgan fingerprint density at radius 3 is 2.60 bits per heavy atom. The Balaban J connectivity index is 1.55. The average Bonchev–Trinajstić information content (AvgIpc) is 3.58. The standard InChI is InChI=1S/C32H33N5O4S/c1-21-9-7-8-12-24(21)37-32-29(30(34-37)22-10-5-4-6-11-22)31(23-13-14-25-26(17-23)41-20-40-25)42-19-28(39)36(32)18-27(38)33-15-16-35(2)3/h4-14,17,31H,15-16,18-20H2,1-3H3,(H,33,38). The van der Waals surface area contributed by atoms with Crippen molar-refractivity contribution >= 4 is 29.4 Å². The largest absolute Gasteiger partial charge is 0.454 e. The zero-order chi connectivity index (χ0) is 29.2. The first-order valence-electron chi connectivity index (χ1n) is 13.9. The fourth-order valence-electron chi connectivity index (χ4n) is 5.26. The van der Waals surface area contributed by atoms with Crippen LogP contribution >= 0.6 is 11.8 Å². The molecule has 0 spiro atoms. The Morgan fingerprint density at radius 1 is 1.05 bits per heavy atom. The van der Waals surface area contributed by atoms with Crippen molar-refractivity contribution in [1.29, 1.82) is 0 Å². The van der Waals surface area contributed by atoms with Gasteiger partial charge in [-0.15, -0.1) is 11.8 Å². The molecule has 4 aromatic rings. The Kier molecular flexibility index (Phi) is 7.90. The van der Waals surface area contributed by atoms with Crippen LogP contribution in [0.25, 0.3) is 16.9 Å². The summed E-state index contributed by atoms with van der Waals surface area (Å²) in [5, 5.41) is 7.89. The quantitative estimate of drug-likeness (QED) is 0.329. The van der Waals surface area contributed by atoms with E-state index in [0.717, 1.165) is 33.6 Å². The molecule has 0 aliphatic carbocycles. The van der Waals surface area contributed by atoms with Gasteiger partial charge in [-0.2, -0.15) is 5.10 Å². The number of likely N-dealkylation sites (N-methyl/N-ethyl adjacent to an activating group) is 1. The van der Waals surface area contributed by atoms with Gasteiger partial charge in [-0.3, -0.25) is 14.5 Å². The average molecular weight is 584 g/mol. The summed E-state index contributed by atoms with van der Waals surface area (Å²) in [5.74, 6) is 1.80. The molecule has 42 heavy (non-hydrogen) atoms. The first-order valence-corrected chi connectivity index (χ1v) is 14.9. The van der Waals surface area contributed by atoms with Gasteiger partial charge in [0, 0.05) is 24.2 Å². The molecule has 1 aromatic heterocycles. The third-order valence-electron chi connectivity index (χ3n) is 7.36. The highest BCUT2D eigenvalue weighted by Crippen LogP contribution is 2.50. The maximum Gasteiger partial charge on any atom is 0.240 e. The molecule has 2 aliphatic rings. The van der Waals surface area contributed by atoms with E-state index in [9.17, 15) is 9.59 Å². The summed E-state index contributed by atoms with van der Waals surface area (Å²) in [6, 6.07) is 23.8. The number of para-hydroxylation sites is 1. The van der Waals surface area contributed by atoms with E-state index < -0.39 is 0 Å². The zero-order valence-corrected chi connectivity index (χ0v) is 24.7. The van der Waals surface area contributed by atoms with Crippen LogP contribution in [0.15, 0.2) is 72.8 Å². The smallest absolute Gasteiger partial charge is 0.240 e. The minimum Gasteiger partial charge on any atom is -0.454 e. The van der Waals surface area contributed by atoms with Gasteiger partial charge < -0.3 is 19.7 Å². The lowest BCUT2D eigenvalue weighted by Crippen LogP contribution is -2.43. The normalized spacial score (nSPS) is 16.0. The second-order valence-electron chi connectivity index (χ2n) is 10.6. The van der Waals surface area contributed by atoms with Crippen molar-refractivity contribution in [2.75, 3.05) is 51.2 Å². The number of carbonyl (C=O) groups is 2. The third-order valence-corrected chi connectivity index (χ3v) is 8.62. The first kappa shape index (κ1) is 27.9. The fourth-order valence-corrected chi connectivity index (χ4v) is 6.44. The lowest BCUT2D eigenvalue weighted by Gasteiger charge is -2.24. The molecule has 1 unspecified atom stereocenters. The van der Waals surface area contributed by atoms with Crippen molar-refractivity contribution in [3.63, 3.8) is 0 Å². The molecular formula is C32H33N5O4S. The van der Waals surface area contributed by atoms with Crippen LogP contribution in [0.5, 0.6) is 11.5 Å². The van der Waals surface area contributed by atoms with Crippen LogP contribution in [0.2, 0.25) is 0 Å². The van der Waals surface area contributed by atoms with Crippen LogP contribution in [0.1, 0.15) is 21.9 Å². The number of aryl methyl sites for hydroxylation is 1. The monoisotopic (exact) mass is 583 g/mol. The van der Waals surface area contributed by atoms with E-state index in [1.807, 2.05) is 103 Å². The van der Waals surface area contributed by atoms with Gasteiger partial charge in [0.25, 0.3) is 0 Å². The van der Waals surface area contributed by atoms with E-state index >= 15 is 0 Å². The molecular weight excluding hydrogens is 550 g/mol. The van der Waals surface area contributed by atoms with E-state index in [4.69, 9.17) is 14.6 Å². The topological polar surface area (TPSA) is 88.9 Å². The highest BCUT2D eigenvalue weighted by atomic mass is 32.2. The maximum absolute atomic E-state index is 13.9. The third kappa shape index (κ3) is 5.47. The summed E-state index contributed by atoms with van der Waals surface area (Å²) in [6.45, 7) is 3.28. The minimum absolute atomic E-state index is 0.112. The van der Waals surface area contributed by atoms with Gasteiger partial charge >= 0.3 is 0 Å². The number of anilines is 1. The lowest BCUT2D eigenvalue weighted by molar-refractivity contribution is -0.122. The summed E-state index contributed by atoms with van der Waals surface area (Å²) < 4.78 is 13.1. The highest BCUT2D eigenvalue weighted by Gasteiger charge is 2.38. The number of fused-ring (bicyclic) bond motifs is 2. The van der Waals surface area contributed by atoms with Gasteiger partial charge in [0.1, 0.15) is 12.4 Å². The molecule has 2 aliphatic heterocycles. The van der Waals surface area contributed by atoms with Gasteiger partial charge in [0.2, 0.25) is 18.6 Å².